The van der Waals surface area contributed by atoms with Crippen molar-refractivity contribution in [3.05, 3.63) is 84.7 Å². The summed E-state index contributed by atoms with van der Waals surface area (Å²) in [4.78, 5) is 9.49. The van der Waals surface area contributed by atoms with E-state index in [-0.39, 0.29) is 5.82 Å². The summed E-state index contributed by atoms with van der Waals surface area (Å²) in [7, 11) is 0. The van der Waals surface area contributed by atoms with Crippen LogP contribution in [-0.2, 0) is 0 Å². The lowest BCUT2D eigenvalue weighted by atomic mass is 10.1. The van der Waals surface area contributed by atoms with Crippen LogP contribution in [0.15, 0.2) is 83.8 Å². The summed E-state index contributed by atoms with van der Waals surface area (Å²) < 4.78 is 13.3. The lowest BCUT2D eigenvalue weighted by molar-refractivity contribution is 0.628. The second-order valence-corrected chi connectivity index (χ2v) is 6.79. The predicted molar refractivity (Wildman–Crippen MR) is 107 cm³/mol. The number of imidazole rings is 1. The third-order valence-electron chi connectivity index (χ3n) is 4.25. The van der Waals surface area contributed by atoms with Gasteiger partial charge < -0.3 is 4.98 Å². The maximum atomic E-state index is 13.3. The number of H-pyrrole nitrogens is 1. The zero-order valence-corrected chi connectivity index (χ0v) is 15.1. The van der Waals surface area contributed by atoms with E-state index in [9.17, 15) is 4.39 Å². The number of benzene rings is 3. The average molecular weight is 360 g/mol. The van der Waals surface area contributed by atoms with E-state index in [4.69, 9.17) is 4.98 Å². The highest BCUT2D eigenvalue weighted by atomic mass is 32.2. The lowest BCUT2D eigenvalue weighted by Crippen LogP contribution is -1.84. The van der Waals surface area contributed by atoms with E-state index < -0.39 is 0 Å². The quantitative estimate of drug-likeness (QED) is 0.434. The van der Waals surface area contributed by atoms with Crippen molar-refractivity contribution in [1.82, 2.24) is 9.97 Å². The minimum atomic E-state index is -0.248. The summed E-state index contributed by atoms with van der Waals surface area (Å²) in [5.74, 6) is 0.554. The van der Waals surface area contributed by atoms with Crippen LogP contribution < -0.4 is 0 Å². The average Bonchev–Trinajstić information content (AvgIpc) is 3.15. The van der Waals surface area contributed by atoms with Crippen LogP contribution in [0, 0.1) is 5.82 Å². The maximum absolute atomic E-state index is 13.3. The maximum Gasteiger partial charge on any atom is 0.138 e. The second kappa shape index (κ2) is 7.18. The summed E-state index contributed by atoms with van der Waals surface area (Å²) in [6.07, 6.45) is 2.06. The Labute approximate surface area is 156 Å². The van der Waals surface area contributed by atoms with Gasteiger partial charge in [0.25, 0.3) is 0 Å². The fourth-order valence-electron chi connectivity index (χ4n) is 2.89. The van der Waals surface area contributed by atoms with Gasteiger partial charge in [-0.25, -0.2) is 9.37 Å². The van der Waals surface area contributed by atoms with E-state index in [0.717, 1.165) is 33.9 Å². The van der Waals surface area contributed by atoms with Gasteiger partial charge in [0, 0.05) is 21.6 Å². The van der Waals surface area contributed by atoms with Gasteiger partial charge in [-0.1, -0.05) is 42.5 Å². The Morgan fingerprint density at radius 3 is 2.08 bits per heavy atom. The summed E-state index contributed by atoms with van der Waals surface area (Å²) in [5, 5.41) is 0. The van der Waals surface area contributed by atoms with Crippen LogP contribution in [0.25, 0.3) is 33.9 Å². The molecular formula is C22H17FN2S. The fraction of sp³-hybridized carbons (Fsp3) is 0.0455. The molecule has 1 aromatic heterocycles. The van der Waals surface area contributed by atoms with E-state index >= 15 is 0 Å². The van der Waals surface area contributed by atoms with Crippen molar-refractivity contribution >= 4 is 11.8 Å². The Morgan fingerprint density at radius 1 is 0.769 bits per heavy atom. The Kier molecular flexibility index (Phi) is 4.59. The van der Waals surface area contributed by atoms with E-state index in [1.807, 2.05) is 30.3 Å². The molecule has 0 aliphatic carbocycles. The van der Waals surface area contributed by atoms with Crippen LogP contribution >= 0.6 is 11.8 Å². The van der Waals surface area contributed by atoms with E-state index in [2.05, 4.69) is 35.5 Å². The molecule has 0 atom stereocenters. The van der Waals surface area contributed by atoms with E-state index in [1.165, 1.54) is 17.0 Å². The molecule has 0 amide bonds. The Hall–Kier alpha value is -2.85. The number of rotatable bonds is 4. The normalized spacial score (nSPS) is 10.8. The van der Waals surface area contributed by atoms with Crippen molar-refractivity contribution < 1.29 is 4.39 Å². The number of aromatic nitrogens is 2. The molecule has 1 N–H and O–H groups in total. The Morgan fingerprint density at radius 2 is 1.42 bits per heavy atom. The van der Waals surface area contributed by atoms with Gasteiger partial charge in [0.15, 0.2) is 0 Å². The number of aromatic amines is 1. The number of thioether (sulfide) groups is 1. The standard InChI is InChI=1S/C22H17FN2S/c1-26-19-13-9-17(10-14-19)22-24-20(15-5-3-2-4-6-15)21(25-22)16-7-11-18(23)12-8-16/h2-14H,1H3,(H,24,25). The van der Waals surface area contributed by atoms with Gasteiger partial charge in [-0.2, -0.15) is 0 Å². The van der Waals surface area contributed by atoms with Crippen molar-refractivity contribution in [1.29, 1.82) is 0 Å². The topological polar surface area (TPSA) is 28.7 Å². The lowest BCUT2D eigenvalue weighted by Gasteiger charge is -2.03. The summed E-state index contributed by atoms with van der Waals surface area (Å²) in [6, 6.07) is 24.8. The zero-order valence-electron chi connectivity index (χ0n) is 14.2. The Bertz CT molecular complexity index is 1010. The second-order valence-electron chi connectivity index (χ2n) is 5.91. The van der Waals surface area contributed by atoms with Crippen LogP contribution in [0.4, 0.5) is 4.39 Å². The number of hydrogen-bond acceptors (Lipinski definition) is 2. The third-order valence-corrected chi connectivity index (χ3v) is 4.99. The first-order chi connectivity index (χ1) is 12.7. The first-order valence-electron chi connectivity index (χ1n) is 8.30. The smallest absolute Gasteiger partial charge is 0.138 e. The van der Waals surface area contributed by atoms with E-state index in [1.54, 1.807) is 23.9 Å². The number of hydrogen-bond donors (Lipinski definition) is 1. The molecule has 26 heavy (non-hydrogen) atoms. The van der Waals surface area contributed by atoms with Crippen LogP contribution in [-0.4, -0.2) is 16.2 Å². The van der Waals surface area contributed by atoms with Crippen LogP contribution in [0.2, 0.25) is 0 Å². The molecular weight excluding hydrogens is 343 g/mol. The molecule has 0 fully saturated rings. The summed E-state index contributed by atoms with van der Waals surface area (Å²) >= 11 is 1.71. The molecule has 2 nitrogen and oxygen atoms in total. The summed E-state index contributed by atoms with van der Waals surface area (Å²) in [5.41, 5.74) is 4.70. The molecule has 0 saturated carbocycles. The molecule has 0 unspecified atom stereocenters. The summed E-state index contributed by atoms with van der Waals surface area (Å²) in [6.45, 7) is 0. The zero-order chi connectivity index (χ0) is 17.9. The van der Waals surface area contributed by atoms with Gasteiger partial charge in [-0.15, -0.1) is 11.8 Å². The molecule has 0 aliphatic rings. The first kappa shape index (κ1) is 16.6. The minimum Gasteiger partial charge on any atom is -0.337 e. The Balaban J connectivity index is 1.85. The number of nitrogens with zero attached hydrogens (tertiary/aromatic N) is 1. The van der Waals surface area contributed by atoms with Crippen molar-refractivity contribution in [2.75, 3.05) is 6.26 Å². The molecule has 128 valence electrons. The van der Waals surface area contributed by atoms with Crippen molar-refractivity contribution in [2.24, 2.45) is 0 Å². The first-order valence-corrected chi connectivity index (χ1v) is 9.53. The monoisotopic (exact) mass is 360 g/mol. The molecule has 0 saturated heterocycles. The third kappa shape index (κ3) is 3.28. The van der Waals surface area contributed by atoms with Crippen molar-refractivity contribution in [2.45, 2.75) is 4.90 Å². The van der Waals surface area contributed by atoms with Gasteiger partial charge >= 0.3 is 0 Å². The SMILES string of the molecule is CSc1ccc(-c2nc(-c3ccccc3)c(-c3ccc(F)cc3)[nH]2)cc1. The van der Waals surface area contributed by atoms with Crippen LogP contribution in [0.3, 0.4) is 0 Å². The molecule has 0 radical (unpaired) electrons. The highest BCUT2D eigenvalue weighted by molar-refractivity contribution is 7.98. The molecule has 0 spiro atoms. The van der Waals surface area contributed by atoms with Gasteiger partial charge in [-0.05, 0) is 42.7 Å². The number of nitrogens with one attached hydrogen (secondary N) is 1. The molecule has 4 aromatic rings. The molecule has 0 bridgehead atoms. The molecule has 3 aromatic carbocycles. The van der Waals surface area contributed by atoms with E-state index in [0.29, 0.717) is 0 Å². The van der Waals surface area contributed by atoms with Gasteiger partial charge in [0.05, 0.1) is 11.4 Å². The van der Waals surface area contributed by atoms with Crippen molar-refractivity contribution in [3.8, 4) is 33.9 Å². The molecule has 4 heteroatoms. The number of halogens is 1. The predicted octanol–water partition coefficient (Wildman–Crippen LogP) is 6.27. The van der Waals surface area contributed by atoms with Gasteiger partial charge in [0.2, 0.25) is 0 Å². The van der Waals surface area contributed by atoms with Gasteiger partial charge in [0.1, 0.15) is 11.6 Å². The highest BCUT2D eigenvalue weighted by Gasteiger charge is 2.15. The largest absolute Gasteiger partial charge is 0.337 e. The molecule has 4 rings (SSSR count). The van der Waals surface area contributed by atoms with Crippen LogP contribution in [0.5, 0.6) is 0 Å². The minimum absolute atomic E-state index is 0.248. The van der Waals surface area contributed by atoms with Gasteiger partial charge in [-0.3, -0.25) is 0 Å². The highest BCUT2D eigenvalue weighted by Crippen LogP contribution is 2.33. The molecule has 0 aliphatic heterocycles. The van der Waals surface area contributed by atoms with Crippen molar-refractivity contribution in [3.63, 3.8) is 0 Å². The molecule has 1 heterocycles. The van der Waals surface area contributed by atoms with Crippen LogP contribution in [0.1, 0.15) is 0 Å². The fourth-order valence-corrected chi connectivity index (χ4v) is 3.30.